The van der Waals surface area contributed by atoms with E-state index in [0.717, 1.165) is 18.4 Å². The van der Waals surface area contributed by atoms with Gasteiger partial charge >= 0.3 is 0 Å². The van der Waals surface area contributed by atoms with Crippen LogP contribution in [0, 0.1) is 11.8 Å². The van der Waals surface area contributed by atoms with E-state index in [1.165, 1.54) is 71.0 Å². The molecule has 0 radical (unpaired) electrons. The van der Waals surface area contributed by atoms with Crippen molar-refractivity contribution in [1.29, 1.82) is 0 Å². The molecule has 3 saturated heterocycles. The minimum atomic E-state index is 0.570. The Morgan fingerprint density at radius 2 is 1.71 bits per heavy atom. The summed E-state index contributed by atoms with van der Waals surface area (Å²) >= 11 is 0. The molecule has 0 unspecified atom stereocenters. The quantitative estimate of drug-likeness (QED) is 0.745. The van der Waals surface area contributed by atoms with Crippen molar-refractivity contribution in [3.05, 3.63) is 0 Å². The fraction of sp³-hybridized carbons (Fsp3) is 1.00. The van der Waals surface area contributed by atoms with E-state index in [1.807, 2.05) is 0 Å². The van der Waals surface area contributed by atoms with Crippen LogP contribution in [0.5, 0.6) is 0 Å². The molecule has 0 aromatic heterocycles. The first-order chi connectivity index (χ1) is 8.42. The van der Waals surface area contributed by atoms with E-state index in [-0.39, 0.29) is 0 Å². The Hall–Kier alpha value is -0.0800. The zero-order valence-corrected chi connectivity index (χ0v) is 11.1. The van der Waals surface area contributed by atoms with E-state index in [0.29, 0.717) is 6.10 Å². The van der Waals surface area contributed by atoms with Gasteiger partial charge in [-0.1, -0.05) is 32.1 Å². The predicted molar refractivity (Wildman–Crippen MR) is 70.1 cm³/mol. The van der Waals surface area contributed by atoms with Crippen LogP contribution in [0.2, 0.25) is 0 Å². The monoisotopic (exact) mass is 237 g/mol. The third kappa shape index (κ3) is 3.03. The summed E-state index contributed by atoms with van der Waals surface area (Å²) in [5.41, 5.74) is 0. The molecule has 17 heavy (non-hydrogen) atoms. The molecular formula is C15H27NO. The standard InChI is InChI=1S/C15H27NO/c1-2-4-13(5-3-1)8-11-17-15-12-16-9-6-14(15)7-10-16/h13-15H,1-12H2/t15-/m0/s1. The molecular weight excluding hydrogens is 210 g/mol. The van der Waals surface area contributed by atoms with Crippen LogP contribution in [0.25, 0.3) is 0 Å². The van der Waals surface area contributed by atoms with Crippen LogP contribution in [0.3, 0.4) is 0 Å². The Morgan fingerprint density at radius 3 is 2.35 bits per heavy atom. The van der Waals surface area contributed by atoms with E-state index in [4.69, 9.17) is 4.74 Å². The molecule has 0 aromatic rings. The number of piperidine rings is 3. The third-order valence-electron chi connectivity index (χ3n) is 5.18. The lowest BCUT2D eigenvalue weighted by molar-refractivity contribution is -0.0728. The molecule has 0 amide bonds. The van der Waals surface area contributed by atoms with Crippen LogP contribution in [0.15, 0.2) is 0 Å². The highest BCUT2D eigenvalue weighted by Crippen LogP contribution is 2.31. The molecule has 1 saturated carbocycles. The second-order valence-corrected chi connectivity index (χ2v) is 6.34. The average Bonchev–Trinajstić information content (AvgIpc) is 2.41. The summed E-state index contributed by atoms with van der Waals surface area (Å²) < 4.78 is 6.18. The molecule has 0 N–H and O–H groups in total. The number of hydrogen-bond donors (Lipinski definition) is 0. The Kier molecular flexibility index (Phi) is 4.02. The van der Waals surface area contributed by atoms with Crippen molar-refractivity contribution in [2.75, 3.05) is 26.2 Å². The summed E-state index contributed by atoms with van der Waals surface area (Å²) in [6.45, 7) is 4.90. The fourth-order valence-corrected chi connectivity index (χ4v) is 3.96. The van der Waals surface area contributed by atoms with Gasteiger partial charge < -0.3 is 9.64 Å². The first-order valence-electron chi connectivity index (χ1n) is 7.76. The topological polar surface area (TPSA) is 12.5 Å². The van der Waals surface area contributed by atoms with Crippen molar-refractivity contribution in [2.24, 2.45) is 11.8 Å². The average molecular weight is 237 g/mol. The maximum atomic E-state index is 6.18. The molecule has 3 heterocycles. The molecule has 2 heteroatoms. The highest BCUT2D eigenvalue weighted by molar-refractivity contribution is 4.87. The van der Waals surface area contributed by atoms with Gasteiger partial charge in [-0.3, -0.25) is 0 Å². The largest absolute Gasteiger partial charge is 0.377 e. The molecule has 4 fully saturated rings. The molecule has 1 aliphatic carbocycles. The van der Waals surface area contributed by atoms with Crippen LogP contribution >= 0.6 is 0 Å². The highest BCUT2D eigenvalue weighted by atomic mass is 16.5. The first-order valence-corrected chi connectivity index (χ1v) is 7.76. The lowest BCUT2D eigenvalue weighted by Crippen LogP contribution is -2.51. The van der Waals surface area contributed by atoms with Crippen molar-refractivity contribution in [1.82, 2.24) is 4.90 Å². The van der Waals surface area contributed by atoms with Gasteiger partial charge in [0.25, 0.3) is 0 Å². The number of fused-ring (bicyclic) bond motifs is 3. The van der Waals surface area contributed by atoms with Crippen molar-refractivity contribution in [2.45, 2.75) is 57.5 Å². The van der Waals surface area contributed by atoms with Gasteiger partial charge in [0.1, 0.15) is 0 Å². The van der Waals surface area contributed by atoms with Gasteiger partial charge in [-0.25, -0.2) is 0 Å². The Balaban J connectivity index is 1.36. The second kappa shape index (κ2) is 5.71. The van der Waals surface area contributed by atoms with E-state index in [2.05, 4.69) is 4.90 Å². The van der Waals surface area contributed by atoms with Crippen molar-refractivity contribution < 1.29 is 4.74 Å². The van der Waals surface area contributed by atoms with Gasteiger partial charge in [0, 0.05) is 13.2 Å². The predicted octanol–water partition coefficient (Wildman–Crippen LogP) is 3.07. The van der Waals surface area contributed by atoms with Crippen LogP contribution < -0.4 is 0 Å². The van der Waals surface area contributed by atoms with Crippen LogP contribution in [0.1, 0.15) is 51.4 Å². The van der Waals surface area contributed by atoms with Crippen molar-refractivity contribution in [3.63, 3.8) is 0 Å². The van der Waals surface area contributed by atoms with E-state index >= 15 is 0 Å². The van der Waals surface area contributed by atoms with E-state index in [1.54, 1.807) is 0 Å². The zero-order valence-electron chi connectivity index (χ0n) is 11.1. The Bertz CT molecular complexity index is 229. The molecule has 4 rings (SSSR count). The fourth-order valence-electron chi connectivity index (χ4n) is 3.96. The van der Waals surface area contributed by atoms with Crippen LogP contribution in [0.4, 0.5) is 0 Å². The van der Waals surface area contributed by atoms with Crippen LogP contribution in [-0.4, -0.2) is 37.2 Å². The van der Waals surface area contributed by atoms with Gasteiger partial charge in [0.05, 0.1) is 6.10 Å². The molecule has 1 atom stereocenters. The smallest absolute Gasteiger partial charge is 0.0731 e. The van der Waals surface area contributed by atoms with Gasteiger partial charge in [0.2, 0.25) is 0 Å². The molecule has 98 valence electrons. The summed E-state index contributed by atoms with van der Waals surface area (Å²) in [5.74, 6) is 1.86. The SMILES string of the molecule is C1CCC(CCO[C@H]2CN3CCC2CC3)CC1. The number of rotatable bonds is 4. The molecule has 0 aromatic carbocycles. The molecule has 2 bridgehead atoms. The summed E-state index contributed by atoms with van der Waals surface area (Å²) in [7, 11) is 0. The highest BCUT2D eigenvalue weighted by Gasteiger charge is 2.34. The third-order valence-corrected chi connectivity index (χ3v) is 5.18. The molecule has 0 spiro atoms. The van der Waals surface area contributed by atoms with Gasteiger partial charge in [-0.15, -0.1) is 0 Å². The minimum Gasteiger partial charge on any atom is -0.377 e. The molecule has 2 nitrogen and oxygen atoms in total. The minimum absolute atomic E-state index is 0.570. The van der Waals surface area contributed by atoms with Gasteiger partial charge in [-0.2, -0.15) is 0 Å². The van der Waals surface area contributed by atoms with Gasteiger partial charge in [0.15, 0.2) is 0 Å². The number of hydrogen-bond acceptors (Lipinski definition) is 2. The number of ether oxygens (including phenoxy) is 1. The normalized spacial score (nSPS) is 38.5. The van der Waals surface area contributed by atoms with Crippen molar-refractivity contribution in [3.8, 4) is 0 Å². The first kappa shape index (κ1) is 12.0. The summed E-state index contributed by atoms with van der Waals surface area (Å²) in [6.07, 6.45) is 12.0. The maximum Gasteiger partial charge on any atom is 0.0731 e. The summed E-state index contributed by atoms with van der Waals surface area (Å²) in [5, 5.41) is 0. The van der Waals surface area contributed by atoms with E-state index < -0.39 is 0 Å². The Labute approximate surface area is 106 Å². The maximum absolute atomic E-state index is 6.18. The Morgan fingerprint density at radius 1 is 0.941 bits per heavy atom. The summed E-state index contributed by atoms with van der Waals surface area (Å²) in [6, 6.07) is 0. The lowest BCUT2D eigenvalue weighted by atomic mass is 9.85. The molecule has 4 aliphatic rings. The van der Waals surface area contributed by atoms with Gasteiger partial charge in [-0.05, 0) is 44.2 Å². The van der Waals surface area contributed by atoms with E-state index in [9.17, 15) is 0 Å². The molecule has 3 aliphatic heterocycles. The second-order valence-electron chi connectivity index (χ2n) is 6.34. The van der Waals surface area contributed by atoms with Crippen LogP contribution in [-0.2, 0) is 4.74 Å². The zero-order chi connectivity index (χ0) is 11.5. The lowest BCUT2D eigenvalue weighted by Gasteiger charge is -2.44. The summed E-state index contributed by atoms with van der Waals surface area (Å²) in [4.78, 5) is 2.59. The number of nitrogens with zero attached hydrogens (tertiary/aromatic N) is 1. The van der Waals surface area contributed by atoms with Crippen molar-refractivity contribution >= 4 is 0 Å².